The molecule has 0 aromatic carbocycles. The predicted molar refractivity (Wildman–Crippen MR) is 72.6 cm³/mol. The molecule has 18 heavy (non-hydrogen) atoms. The lowest BCUT2D eigenvalue weighted by Crippen LogP contribution is -2.59. The van der Waals surface area contributed by atoms with E-state index in [1.807, 2.05) is 0 Å². The van der Waals surface area contributed by atoms with Crippen LogP contribution in [0.4, 0.5) is 0 Å². The summed E-state index contributed by atoms with van der Waals surface area (Å²) in [6, 6.07) is 0.230. The van der Waals surface area contributed by atoms with Gasteiger partial charge in [0, 0.05) is 19.1 Å². The monoisotopic (exact) mass is 253 g/mol. The summed E-state index contributed by atoms with van der Waals surface area (Å²) >= 11 is 0. The zero-order chi connectivity index (χ0) is 13.4. The summed E-state index contributed by atoms with van der Waals surface area (Å²) in [4.78, 5) is 13.4. The molecule has 3 nitrogen and oxygen atoms in total. The fourth-order valence-electron chi connectivity index (χ4n) is 3.75. The van der Waals surface area contributed by atoms with Gasteiger partial charge in [-0.05, 0) is 30.1 Å². The van der Waals surface area contributed by atoms with Crippen LogP contribution in [-0.2, 0) is 4.79 Å². The third kappa shape index (κ3) is 3.25. The highest BCUT2D eigenvalue weighted by Crippen LogP contribution is 2.47. The van der Waals surface area contributed by atoms with Crippen LogP contribution in [0.5, 0.6) is 0 Å². The first kappa shape index (κ1) is 13.9. The van der Waals surface area contributed by atoms with Crippen LogP contribution in [0.1, 0.15) is 59.3 Å². The van der Waals surface area contributed by atoms with E-state index in [-0.39, 0.29) is 11.5 Å². The summed E-state index contributed by atoms with van der Waals surface area (Å²) in [5, 5.41) is 9.08. The number of carbonyl (C=O) groups is 1. The van der Waals surface area contributed by atoms with Crippen LogP contribution in [0.15, 0.2) is 0 Å². The van der Waals surface area contributed by atoms with Crippen LogP contribution in [0.2, 0.25) is 0 Å². The van der Waals surface area contributed by atoms with Gasteiger partial charge in [-0.15, -0.1) is 0 Å². The van der Waals surface area contributed by atoms with Gasteiger partial charge in [0.15, 0.2) is 0 Å². The van der Waals surface area contributed by atoms with Crippen molar-refractivity contribution in [2.24, 2.45) is 10.8 Å². The van der Waals surface area contributed by atoms with Crippen molar-refractivity contribution in [2.45, 2.75) is 65.3 Å². The van der Waals surface area contributed by atoms with Crippen molar-refractivity contribution in [1.29, 1.82) is 0 Å². The molecule has 0 aromatic rings. The van der Waals surface area contributed by atoms with E-state index in [2.05, 4.69) is 25.7 Å². The Hall–Kier alpha value is -0.570. The summed E-state index contributed by atoms with van der Waals surface area (Å²) in [6.07, 6.45) is 6.74. The Morgan fingerprint density at radius 1 is 1.28 bits per heavy atom. The highest BCUT2D eigenvalue weighted by atomic mass is 16.4. The van der Waals surface area contributed by atoms with Crippen LogP contribution in [-0.4, -0.2) is 35.1 Å². The minimum atomic E-state index is -0.656. The Kier molecular flexibility index (Phi) is 3.72. The van der Waals surface area contributed by atoms with E-state index in [1.54, 1.807) is 0 Å². The average molecular weight is 253 g/mol. The van der Waals surface area contributed by atoms with E-state index in [0.717, 1.165) is 19.5 Å². The van der Waals surface area contributed by atoms with E-state index < -0.39 is 5.97 Å². The van der Waals surface area contributed by atoms with Gasteiger partial charge in [0.05, 0.1) is 6.42 Å². The normalized spacial score (nSPS) is 25.1. The molecule has 0 bridgehead atoms. The van der Waals surface area contributed by atoms with Crippen molar-refractivity contribution < 1.29 is 9.90 Å². The smallest absolute Gasteiger partial charge is 0.304 e. The second-order valence-corrected chi connectivity index (χ2v) is 7.63. The molecule has 1 heterocycles. The Bertz CT molecular complexity index is 305. The van der Waals surface area contributed by atoms with Crippen molar-refractivity contribution in [2.75, 3.05) is 13.1 Å². The van der Waals surface area contributed by atoms with Gasteiger partial charge in [0.25, 0.3) is 0 Å². The summed E-state index contributed by atoms with van der Waals surface area (Å²) in [5.41, 5.74) is 0.771. The fraction of sp³-hybridized carbons (Fsp3) is 0.933. The lowest BCUT2D eigenvalue weighted by atomic mass is 9.75. The highest BCUT2D eigenvalue weighted by molar-refractivity contribution is 5.67. The number of carboxylic acids is 1. The molecule has 1 N–H and O–H groups in total. The predicted octanol–water partition coefficient (Wildman–Crippen LogP) is 3.14. The molecule has 2 aliphatic rings. The van der Waals surface area contributed by atoms with Crippen LogP contribution in [0.3, 0.4) is 0 Å². The summed E-state index contributed by atoms with van der Waals surface area (Å²) in [5.74, 6) is -0.656. The van der Waals surface area contributed by atoms with Crippen LogP contribution >= 0.6 is 0 Å². The van der Waals surface area contributed by atoms with Gasteiger partial charge in [-0.25, -0.2) is 0 Å². The molecule has 2 rings (SSSR count). The van der Waals surface area contributed by atoms with Gasteiger partial charge < -0.3 is 5.11 Å². The number of carboxylic acid groups (broad SMARTS) is 1. The van der Waals surface area contributed by atoms with Crippen molar-refractivity contribution in [3.63, 3.8) is 0 Å². The van der Waals surface area contributed by atoms with E-state index in [0.29, 0.717) is 11.8 Å². The summed E-state index contributed by atoms with van der Waals surface area (Å²) in [7, 11) is 0. The molecule has 1 unspecified atom stereocenters. The first-order valence-electron chi connectivity index (χ1n) is 7.26. The van der Waals surface area contributed by atoms with E-state index in [1.165, 1.54) is 25.7 Å². The maximum atomic E-state index is 11.0. The largest absolute Gasteiger partial charge is 0.481 e. The molecule has 0 radical (unpaired) electrons. The lowest BCUT2D eigenvalue weighted by molar-refractivity contribution is -0.140. The molecule has 0 aromatic heterocycles. The average Bonchev–Trinajstić information content (AvgIpc) is 2.59. The molecule has 1 saturated heterocycles. The minimum absolute atomic E-state index is 0.207. The van der Waals surface area contributed by atoms with Crippen molar-refractivity contribution in [1.82, 2.24) is 4.90 Å². The summed E-state index contributed by atoms with van der Waals surface area (Å²) in [6.45, 7) is 8.88. The first-order chi connectivity index (χ1) is 8.30. The van der Waals surface area contributed by atoms with E-state index >= 15 is 0 Å². The number of nitrogens with zero attached hydrogens (tertiary/aromatic N) is 1. The van der Waals surface area contributed by atoms with E-state index in [4.69, 9.17) is 5.11 Å². The van der Waals surface area contributed by atoms with Crippen molar-refractivity contribution in [3.8, 4) is 0 Å². The Balaban J connectivity index is 1.91. The number of rotatable bonds is 4. The Morgan fingerprint density at radius 2 is 1.83 bits per heavy atom. The van der Waals surface area contributed by atoms with E-state index in [9.17, 15) is 4.79 Å². The number of aliphatic carboxylic acids is 1. The third-order valence-electron chi connectivity index (χ3n) is 4.52. The van der Waals surface area contributed by atoms with Gasteiger partial charge in [0.2, 0.25) is 0 Å². The molecule has 0 amide bonds. The maximum absolute atomic E-state index is 11.0. The highest BCUT2D eigenvalue weighted by Gasteiger charge is 2.47. The standard InChI is InChI=1S/C15H27NO2/c1-14(2,3)9-12(8-13(17)18)16-10-15(11-16)6-4-5-7-15/h12H,4-11H2,1-3H3,(H,17,18). The zero-order valence-corrected chi connectivity index (χ0v) is 12.0. The molecule has 1 atom stereocenters. The SMILES string of the molecule is CC(C)(C)CC(CC(=O)O)N1CC2(CCCC2)C1. The van der Waals surface area contributed by atoms with Crippen LogP contribution in [0, 0.1) is 10.8 Å². The first-order valence-corrected chi connectivity index (χ1v) is 7.26. The second-order valence-electron chi connectivity index (χ2n) is 7.63. The zero-order valence-electron chi connectivity index (χ0n) is 12.0. The van der Waals surface area contributed by atoms with Gasteiger partial charge in [-0.1, -0.05) is 33.6 Å². The summed E-state index contributed by atoms with van der Waals surface area (Å²) < 4.78 is 0. The number of likely N-dealkylation sites (tertiary alicyclic amines) is 1. The van der Waals surface area contributed by atoms with Crippen molar-refractivity contribution >= 4 is 5.97 Å². The molecule has 1 aliphatic carbocycles. The molecule has 104 valence electrons. The molecule has 2 fully saturated rings. The molecule has 3 heteroatoms. The number of hydrogen-bond acceptors (Lipinski definition) is 2. The molecular formula is C15H27NO2. The van der Waals surface area contributed by atoms with Gasteiger partial charge >= 0.3 is 5.97 Å². The van der Waals surface area contributed by atoms with Gasteiger partial charge in [-0.2, -0.15) is 0 Å². The molecule has 1 spiro atoms. The second kappa shape index (κ2) is 4.84. The van der Waals surface area contributed by atoms with Crippen LogP contribution in [0.25, 0.3) is 0 Å². The Morgan fingerprint density at radius 3 is 2.28 bits per heavy atom. The molecule has 1 aliphatic heterocycles. The molecular weight excluding hydrogens is 226 g/mol. The van der Waals surface area contributed by atoms with Crippen molar-refractivity contribution in [3.05, 3.63) is 0 Å². The van der Waals surface area contributed by atoms with Gasteiger partial charge in [-0.3, -0.25) is 9.69 Å². The fourth-order valence-corrected chi connectivity index (χ4v) is 3.75. The lowest BCUT2D eigenvalue weighted by Gasteiger charge is -2.52. The topological polar surface area (TPSA) is 40.5 Å². The Labute approximate surface area is 111 Å². The third-order valence-corrected chi connectivity index (χ3v) is 4.52. The molecule has 1 saturated carbocycles. The minimum Gasteiger partial charge on any atom is -0.481 e. The quantitative estimate of drug-likeness (QED) is 0.836. The number of hydrogen-bond donors (Lipinski definition) is 1. The maximum Gasteiger partial charge on any atom is 0.304 e. The van der Waals surface area contributed by atoms with Gasteiger partial charge in [0.1, 0.15) is 0 Å². The van der Waals surface area contributed by atoms with Crippen LogP contribution < -0.4 is 0 Å².